The molecule has 0 bridgehead atoms. The molecule has 0 N–H and O–H groups in total. The molecule has 6 aliphatic carbocycles. The van der Waals surface area contributed by atoms with Gasteiger partial charge in [0.05, 0.1) is 12.1 Å². The van der Waals surface area contributed by atoms with Crippen molar-refractivity contribution in [1.29, 1.82) is 0 Å². The minimum absolute atomic E-state index is 0.0608. The van der Waals surface area contributed by atoms with Crippen molar-refractivity contribution in [2.45, 2.75) is 98.1 Å². The number of benzene rings is 2. The molecule has 250 valence electrons. The van der Waals surface area contributed by atoms with Crippen LogP contribution in [0, 0.1) is 28.6 Å². The first-order valence-corrected chi connectivity index (χ1v) is 19.4. The van der Waals surface area contributed by atoms with Crippen LogP contribution in [0.2, 0.25) is 0 Å². The van der Waals surface area contributed by atoms with E-state index in [1.165, 1.54) is 65.3 Å². The van der Waals surface area contributed by atoms with Crippen molar-refractivity contribution >= 4 is 22.4 Å². The normalized spacial score (nSPS) is 34.4. The molecule has 1 aliphatic heterocycles. The van der Waals surface area contributed by atoms with Crippen LogP contribution in [-0.2, 0) is 19.3 Å². The number of nitrogens with zero attached hydrogens (tertiary/aromatic N) is 1. The fourth-order valence-electron chi connectivity index (χ4n) is 11.1. The van der Waals surface area contributed by atoms with E-state index in [-0.39, 0.29) is 10.8 Å². The predicted octanol–water partition coefficient (Wildman–Crippen LogP) is 11.8. The van der Waals surface area contributed by atoms with Gasteiger partial charge in [0.1, 0.15) is 0 Å². The Morgan fingerprint density at radius 1 is 0.796 bits per heavy atom. The Morgan fingerprint density at radius 2 is 1.65 bits per heavy atom. The molecule has 0 radical (unpaired) electrons. The topological polar surface area (TPSA) is 3.24 Å². The molecule has 2 aromatic carbocycles. The quantitative estimate of drug-likeness (QED) is 0.301. The molecule has 49 heavy (non-hydrogen) atoms. The highest BCUT2D eigenvalue weighted by atomic mass is 15.2. The molecule has 0 fully saturated rings. The summed E-state index contributed by atoms with van der Waals surface area (Å²) in [5.74, 6) is 1.39. The second-order valence-electron chi connectivity index (χ2n) is 16.7. The molecule has 0 saturated heterocycles. The minimum Gasteiger partial charge on any atom is -0.360 e. The second kappa shape index (κ2) is 11.6. The first-order chi connectivity index (χ1) is 23.8. The second-order valence-corrected chi connectivity index (χ2v) is 16.7. The van der Waals surface area contributed by atoms with E-state index in [1.54, 1.807) is 27.8 Å². The fourth-order valence-corrected chi connectivity index (χ4v) is 11.1. The highest BCUT2D eigenvalue weighted by Gasteiger charge is 2.53. The number of hydrogen-bond acceptors (Lipinski definition) is 1. The molecule has 1 heterocycles. The van der Waals surface area contributed by atoms with Crippen LogP contribution in [0.3, 0.4) is 0 Å². The van der Waals surface area contributed by atoms with Gasteiger partial charge in [0.2, 0.25) is 0 Å². The van der Waals surface area contributed by atoms with Gasteiger partial charge in [-0.3, -0.25) is 0 Å². The van der Waals surface area contributed by atoms with E-state index in [1.807, 2.05) is 0 Å². The van der Waals surface area contributed by atoms with Gasteiger partial charge in [-0.1, -0.05) is 130 Å². The maximum Gasteiger partial charge on any atom is 0.0609 e. The van der Waals surface area contributed by atoms with E-state index in [9.17, 15) is 0 Å². The van der Waals surface area contributed by atoms with Gasteiger partial charge in [-0.05, 0) is 131 Å². The van der Waals surface area contributed by atoms with Gasteiger partial charge >= 0.3 is 0 Å². The van der Waals surface area contributed by atoms with Crippen LogP contribution in [0.4, 0.5) is 0 Å². The summed E-state index contributed by atoms with van der Waals surface area (Å²) in [7, 11) is 0. The van der Waals surface area contributed by atoms with E-state index < -0.39 is 0 Å². The van der Waals surface area contributed by atoms with Crippen LogP contribution >= 0.6 is 0 Å². The lowest BCUT2D eigenvalue weighted by Crippen LogP contribution is -2.52. The summed E-state index contributed by atoms with van der Waals surface area (Å²) in [6.07, 6.45) is 43.8. The average molecular weight is 644 g/mol. The number of fused-ring (bicyclic) bond motifs is 8. The predicted molar refractivity (Wildman–Crippen MR) is 209 cm³/mol. The molecule has 1 heteroatoms. The van der Waals surface area contributed by atoms with E-state index in [4.69, 9.17) is 0 Å². The maximum atomic E-state index is 2.86. The van der Waals surface area contributed by atoms with Crippen molar-refractivity contribution in [3.05, 3.63) is 142 Å². The SMILES string of the molecule is CC1C=C(c2ccc3c4c(c5c(c3c2)CCCC5)C=CCC4)C=CC2=C1N(C1C=CC[C@](C)(C3=CC=CC[C@@H]3C)C1C)C1C=CC=CC21C. The third-order valence-electron chi connectivity index (χ3n) is 14.0. The third-order valence-corrected chi connectivity index (χ3v) is 14.0. The molecular formula is C48H53N. The van der Waals surface area contributed by atoms with E-state index >= 15 is 0 Å². The Bertz CT molecular complexity index is 2020. The fraction of sp³-hybridized carbons (Fsp3) is 0.417. The molecule has 7 atom stereocenters. The van der Waals surface area contributed by atoms with Crippen LogP contribution in [0.15, 0.2) is 114 Å². The van der Waals surface area contributed by atoms with Gasteiger partial charge in [-0.2, -0.15) is 0 Å². The highest BCUT2D eigenvalue weighted by molar-refractivity contribution is 5.96. The van der Waals surface area contributed by atoms with Crippen LogP contribution < -0.4 is 0 Å². The smallest absolute Gasteiger partial charge is 0.0609 e. The molecule has 0 spiro atoms. The van der Waals surface area contributed by atoms with Crippen molar-refractivity contribution in [1.82, 2.24) is 4.90 Å². The van der Waals surface area contributed by atoms with E-state index in [0.717, 1.165) is 19.3 Å². The monoisotopic (exact) mass is 643 g/mol. The molecule has 7 aliphatic rings. The maximum absolute atomic E-state index is 2.86. The number of hydrogen-bond donors (Lipinski definition) is 0. The number of rotatable bonds is 3. The summed E-state index contributed by atoms with van der Waals surface area (Å²) in [6, 6.07) is 8.10. The first kappa shape index (κ1) is 31.2. The average Bonchev–Trinajstić information content (AvgIpc) is 3.26. The zero-order chi connectivity index (χ0) is 33.5. The zero-order valence-electron chi connectivity index (χ0n) is 30.3. The van der Waals surface area contributed by atoms with Gasteiger partial charge < -0.3 is 4.90 Å². The molecule has 2 aromatic rings. The molecule has 0 aromatic heterocycles. The lowest BCUT2D eigenvalue weighted by Gasteiger charge is -2.51. The van der Waals surface area contributed by atoms with Gasteiger partial charge in [0.15, 0.2) is 0 Å². The standard InChI is InChI=1S/C48H53N/c1-31-15-6-11-20-42(31)47(4)28-14-21-44(33(47)3)49-45-22-12-13-27-48(45,5)43-26-24-34(29-32(2)46(43)49)35-23-25-40-38-18-8-7-16-36(38)37-17-9-10-19-39(37)41(40)30-35/h6-7,11-14,16,20-27,29-33,44-45H,8-10,15,17-19,28H2,1-5H3/t31-,32?,33?,44?,45?,47-,48?/m0/s1. The summed E-state index contributed by atoms with van der Waals surface area (Å²) in [4.78, 5) is 2.86. The van der Waals surface area contributed by atoms with Gasteiger partial charge in [-0.15, -0.1) is 0 Å². The van der Waals surface area contributed by atoms with Gasteiger partial charge in [0.25, 0.3) is 0 Å². The van der Waals surface area contributed by atoms with E-state index in [2.05, 4.69) is 143 Å². The van der Waals surface area contributed by atoms with Crippen molar-refractivity contribution in [3.63, 3.8) is 0 Å². The Labute approximate surface area is 294 Å². The van der Waals surface area contributed by atoms with E-state index in [0.29, 0.717) is 29.8 Å². The van der Waals surface area contributed by atoms with Gasteiger partial charge in [0, 0.05) is 17.0 Å². The number of aryl methyl sites for hydroxylation is 2. The summed E-state index contributed by atoms with van der Waals surface area (Å²) in [6.45, 7) is 12.5. The third kappa shape index (κ3) is 4.63. The van der Waals surface area contributed by atoms with Gasteiger partial charge in [-0.25, -0.2) is 0 Å². The summed E-state index contributed by atoms with van der Waals surface area (Å²) < 4.78 is 0. The molecule has 5 unspecified atom stereocenters. The minimum atomic E-state index is -0.0608. The summed E-state index contributed by atoms with van der Waals surface area (Å²) in [5.41, 5.74) is 13.9. The van der Waals surface area contributed by atoms with Crippen LogP contribution in [0.5, 0.6) is 0 Å². The molecule has 0 saturated carbocycles. The zero-order valence-corrected chi connectivity index (χ0v) is 30.3. The highest BCUT2D eigenvalue weighted by Crippen LogP contribution is 2.56. The Hall–Kier alpha value is -3.84. The van der Waals surface area contributed by atoms with Crippen molar-refractivity contribution in [3.8, 4) is 0 Å². The Balaban J connectivity index is 1.13. The summed E-state index contributed by atoms with van der Waals surface area (Å²) in [5, 5.41) is 3.01. The Morgan fingerprint density at radius 3 is 2.51 bits per heavy atom. The van der Waals surface area contributed by atoms with Crippen molar-refractivity contribution in [2.24, 2.45) is 28.6 Å². The lowest BCUT2D eigenvalue weighted by molar-refractivity contribution is 0.0942. The molecule has 0 amide bonds. The van der Waals surface area contributed by atoms with Crippen LogP contribution in [0.1, 0.15) is 94.5 Å². The summed E-state index contributed by atoms with van der Waals surface area (Å²) >= 11 is 0. The van der Waals surface area contributed by atoms with Crippen LogP contribution in [0.25, 0.3) is 22.4 Å². The molecular weight excluding hydrogens is 591 g/mol. The lowest BCUT2D eigenvalue weighted by atomic mass is 9.60. The molecule has 9 rings (SSSR count). The number of allylic oxidation sites excluding steroid dienone is 12. The molecule has 1 nitrogen and oxygen atoms in total. The Kier molecular flexibility index (Phi) is 7.39. The van der Waals surface area contributed by atoms with Crippen molar-refractivity contribution in [2.75, 3.05) is 0 Å². The largest absolute Gasteiger partial charge is 0.360 e. The van der Waals surface area contributed by atoms with Crippen LogP contribution in [-0.4, -0.2) is 17.0 Å². The first-order valence-electron chi connectivity index (χ1n) is 19.4. The van der Waals surface area contributed by atoms with Crippen molar-refractivity contribution < 1.29 is 0 Å².